The number of carbonyl (C=O) groups is 1. The Bertz CT molecular complexity index is 1530. The molecule has 3 aromatic carbocycles. The van der Waals surface area contributed by atoms with Crippen LogP contribution in [0.1, 0.15) is 22.4 Å². The van der Waals surface area contributed by atoms with Gasteiger partial charge >= 0.3 is 0 Å². The highest BCUT2D eigenvalue weighted by molar-refractivity contribution is 7.99. The van der Waals surface area contributed by atoms with E-state index in [1.54, 1.807) is 46.6 Å². The SMILES string of the molecule is O=C(CCSc1ccc(F)cc1)Nc1sc2c(c1-c1nc3ccccc3s1)CCN(Cc1ccccc1)C2. The number of hydrogen-bond donors (Lipinski definition) is 1. The number of thiazole rings is 1. The van der Waals surface area contributed by atoms with Crippen LogP contribution in [-0.2, 0) is 24.3 Å². The monoisotopic (exact) mass is 559 g/mol. The molecule has 1 aliphatic rings. The fourth-order valence-electron chi connectivity index (χ4n) is 4.71. The minimum Gasteiger partial charge on any atom is -0.317 e. The lowest BCUT2D eigenvalue weighted by atomic mass is 10.0. The number of benzene rings is 3. The minimum atomic E-state index is -0.251. The number of aromatic nitrogens is 1. The summed E-state index contributed by atoms with van der Waals surface area (Å²) in [6.07, 6.45) is 1.31. The zero-order valence-corrected chi connectivity index (χ0v) is 23.1. The molecule has 0 aliphatic carbocycles. The molecule has 0 unspecified atom stereocenters. The molecule has 38 heavy (non-hydrogen) atoms. The molecule has 1 amide bonds. The van der Waals surface area contributed by atoms with E-state index >= 15 is 0 Å². The number of nitrogens with one attached hydrogen (secondary N) is 1. The Kier molecular flexibility index (Phi) is 7.56. The predicted octanol–water partition coefficient (Wildman–Crippen LogP) is 7.84. The van der Waals surface area contributed by atoms with Gasteiger partial charge in [0.15, 0.2) is 0 Å². The van der Waals surface area contributed by atoms with Gasteiger partial charge in [0.2, 0.25) is 5.91 Å². The van der Waals surface area contributed by atoms with E-state index in [9.17, 15) is 9.18 Å². The molecule has 0 spiro atoms. The molecular weight excluding hydrogens is 534 g/mol. The molecule has 2 aromatic heterocycles. The molecule has 6 rings (SSSR count). The van der Waals surface area contributed by atoms with Crippen molar-refractivity contribution in [3.05, 3.63) is 101 Å². The Morgan fingerprint density at radius 1 is 1.00 bits per heavy atom. The second-order valence-corrected chi connectivity index (χ2v) is 12.5. The average molecular weight is 560 g/mol. The minimum absolute atomic E-state index is 0.0123. The van der Waals surface area contributed by atoms with E-state index < -0.39 is 0 Å². The van der Waals surface area contributed by atoms with Crippen molar-refractivity contribution in [2.75, 3.05) is 17.6 Å². The Balaban J connectivity index is 1.23. The van der Waals surface area contributed by atoms with Gasteiger partial charge in [-0.3, -0.25) is 9.69 Å². The number of nitrogens with zero attached hydrogens (tertiary/aromatic N) is 2. The molecule has 1 aliphatic heterocycles. The van der Waals surface area contributed by atoms with E-state index in [-0.39, 0.29) is 11.7 Å². The summed E-state index contributed by atoms with van der Waals surface area (Å²) in [7, 11) is 0. The Hall–Kier alpha value is -3.04. The van der Waals surface area contributed by atoms with Gasteiger partial charge in [0.05, 0.1) is 10.2 Å². The highest BCUT2D eigenvalue weighted by Gasteiger charge is 2.27. The number of thiophene rings is 1. The lowest BCUT2D eigenvalue weighted by Crippen LogP contribution is -2.29. The van der Waals surface area contributed by atoms with Gasteiger partial charge < -0.3 is 5.32 Å². The van der Waals surface area contributed by atoms with Crippen molar-refractivity contribution in [3.8, 4) is 10.6 Å². The highest BCUT2D eigenvalue weighted by Crippen LogP contribution is 2.46. The first-order valence-corrected chi connectivity index (χ1v) is 15.2. The Labute approximate surface area is 233 Å². The number of thioether (sulfide) groups is 1. The molecule has 0 radical (unpaired) electrons. The quantitative estimate of drug-likeness (QED) is 0.197. The number of fused-ring (bicyclic) bond motifs is 2. The summed E-state index contributed by atoms with van der Waals surface area (Å²) in [5, 5.41) is 5.09. The van der Waals surface area contributed by atoms with Crippen LogP contribution in [0.3, 0.4) is 0 Å². The van der Waals surface area contributed by atoms with Crippen LogP contribution in [0.5, 0.6) is 0 Å². The summed E-state index contributed by atoms with van der Waals surface area (Å²) in [6, 6.07) is 25.2. The van der Waals surface area contributed by atoms with Crippen LogP contribution >= 0.6 is 34.4 Å². The predicted molar refractivity (Wildman–Crippen MR) is 158 cm³/mol. The van der Waals surface area contributed by atoms with Crippen LogP contribution in [0.15, 0.2) is 83.8 Å². The third-order valence-electron chi connectivity index (χ3n) is 6.56. The van der Waals surface area contributed by atoms with Crippen molar-refractivity contribution < 1.29 is 9.18 Å². The van der Waals surface area contributed by atoms with Gasteiger partial charge in [-0.1, -0.05) is 42.5 Å². The molecule has 5 aromatic rings. The molecular formula is C30H26FN3OS3. The maximum Gasteiger partial charge on any atom is 0.225 e. The highest BCUT2D eigenvalue weighted by atomic mass is 32.2. The topological polar surface area (TPSA) is 45.2 Å². The van der Waals surface area contributed by atoms with Crippen LogP contribution in [0.4, 0.5) is 9.39 Å². The number of rotatable bonds is 8. The molecule has 0 saturated heterocycles. The largest absolute Gasteiger partial charge is 0.317 e. The van der Waals surface area contributed by atoms with Crippen molar-refractivity contribution in [1.82, 2.24) is 9.88 Å². The summed E-state index contributed by atoms with van der Waals surface area (Å²) in [6.45, 7) is 2.75. The summed E-state index contributed by atoms with van der Waals surface area (Å²) < 4.78 is 14.3. The smallest absolute Gasteiger partial charge is 0.225 e. The fourth-order valence-corrected chi connectivity index (χ4v) is 7.98. The van der Waals surface area contributed by atoms with Gasteiger partial charge in [0.1, 0.15) is 15.8 Å². The van der Waals surface area contributed by atoms with Gasteiger partial charge in [-0.2, -0.15) is 0 Å². The molecule has 4 nitrogen and oxygen atoms in total. The fraction of sp³-hybridized carbons (Fsp3) is 0.200. The number of amides is 1. The van der Waals surface area contributed by atoms with E-state index in [0.717, 1.165) is 56.7 Å². The molecule has 0 fully saturated rings. The molecule has 0 atom stereocenters. The lowest BCUT2D eigenvalue weighted by Gasteiger charge is -2.27. The van der Waals surface area contributed by atoms with Crippen LogP contribution in [0.25, 0.3) is 20.8 Å². The van der Waals surface area contributed by atoms with Crippen molar-refractivity contribution >= 4 is 55.6 Å². The Morgan fingerprint density at radius 3 is 2.61 bits per heavy atom. The zero-order valence-electron chi connectivity index (χ0n) is 20.7. The molecule has 1 N–H and O–H groups in total. The second-order valence-electron chi connectivity index (χ2n) is 9.24. The van der Waals surface area contributed by atoms with E-state index in [1.807, 2.05) is 18.2 Å². The first kappa shape index (κ1) is 25.2. The summed E-state index contributed by atoms with van der Waals surface area (Å²) in [5.41, 5.74) is 4.70. The summed E-state index contributed by atoms with van der Waals surface area (Å²) >= 11 is 4.93. The van der Waals surface area contributed by atoms with Gasteiger partial charge in [-0.15, -0.1) is 34.4 Å². The second kappa shape index (κ2) is 11.4. The van der Waals surface area contributed by atoms with Crippen molar-refractivity contribution in [3.63, 3.8) is 0 Å². The number of anilines is 1. The van der Waals surface area contributed by atoms with E-state index in [0.29, 0.717) is 12.2 Å². The summed E-state index contributed by atoms with van der Waals surface area (Å²) in [4.78, 5) is 22.7. The van der Waals surface area contributed by atoms with Crippen LogP contribution in [0.2, 0.25) is 0 Å². The first-order chi connectivity index (χ1) is 18.6. The van der Waals surface area contributed by atoms with Crippen LogP contribution < -0.4 is 5.32 Å². The van der Waals surface area contributed by atoms with Crippen LogP contribution in [0, 0.1) is 5.82 Å². The maximum atomic E-state index is 13.2. The molecule has 0 saturated carbocycles. The van der Waals surface area contributed by atoms with Crippen LogP contribution in [-0.4, -0.2) is 28.1 Å². The number of hydrogen-bond acceptors (Lipinski definition) is 6. The standard InChI is InChI=1S/C30H26FN3OS3/c31-21-10-12-22(13-11-21)36-17-15-27(35)33-30-28(29-32-24-8-4-5-9-25(24)37-29)23-14-16-34(19-26(23)38-30)18-20-6-2-1-3-7-20/h1-13H,14-19H2,(H,33,35). The van der Waals surface area contributed by atoms with Gasteiger partial charge in [0.25, 0.3) is 0 Å². The van der Waals surface area contributed by atoms with E-state index in [2.05, 4.69) is 46.6 Å². The number of para-hydroxylation sites is 1. The maximum absolute atomic E-state index is 13.2. The summed E-state index contributed by atoms with van der Waals surface area (Å²) in [5.74, 6) is 0.365. The third kappa shape index (κ3) is 5.68. The molecule has 0 bridgehead atoms. The molecule has 3 heterocycles. The van der Waals surface area contributed by atoms with Crippen molar-refractivity contribution in [2.45, 2.75) is 30.8 Å². The van der Waals surface area contributed by atoms with E-state index in [4.69, 9.17) is 4.98 Å². The van der Waals surface area contributed by atoms with Gasteiger partial charge in [-0.05, 0) is 53.9 Å². The van der Waals surface area contributed by atoms with Gasteiger partial charge in [0, 0.05) is 47.1 Å². The van der Waals surface area contributed by atoms with E-state index in [1.165, 1.54) is 28.1 Å². The van der Waals surface area contributed by atoms with Crippen molar-refractivity contribution in [1.29, 1.82) is 0 Å². The molecule has 192 valence electrons. The first-order valence-electron chi connectivity index (χ1n) is 12.6. The molecule has 8 heteroatoms. The lowest BCUT2D eigenvalue weighted by molar-refractivity contribution is -0.115. The van der Waals surface area contributed by atoms with Crippen molar-refractivity contribution in [2.24, 2.45) is 0 Å². The third-order valence-corrected chi connectivity index (χ3v) is 9.76. The van der Waals surface area contributed by atoms with Gasteiger partial charge in [-0.25, -0.2) is 9.37 Å². The Morgan fingerprint density at radius 2 is 1.79 bits per heavy atom. The average Bonchev–Trinajstić information content (AvgIpc) is 3.50. The number of halogens is 1. The number of carbonyl (C=O) groups excluding carboxylic acids is 1. The zero-order chi connectivity index (χ0) is 25.9. The normalized spacial score (nSPS) is 13.5.